The van der Waals surface area contributed by atoms with Gasteiger partial charge < -0.3 is 15.4 Å². The summed E-state index contributed by atoms with van der Waals surface area (Å²) in [6.07, 6.45) is 4.51. The summed E-state index contributed by atoms with van der Waals surface area (Å²) in [7, 11) is 1.78. The van der Waals surface area contributed by atoms with E-state index in [1.165, 1.54) is 0 Å². The quantitative estimate of drug-likeness (QED) is 0.843. The molecule has 1 aromatic heterocycles. The van der Waals surface area contributed by atoms with Gasteiger partial charge in [-0.1, -0.05) is 0 Å². The lowest BCUT2D eigenvalue weighted by atomic mass is 10.0. The van der Waals surface area contributed by atoms with Gasteiger partial charge in [-0.3, -0.25) is 9.78 Å². The number of pyridine rings is 1. The number of nitrogens with one attached hydrogen (secondary N) is 2. The molecular formula is C13H19N3O2. The fourth-order valence-corrected chi connectivity index (χ4v) is 2.15. The van der Waals surface area contributed by atoms with E-state index in [2.05, 4.69) is 22.5 Å². The van der Waals surface area contributed by atoms with Gasteiger partial charge in [0.25, 0.3) is 5.91 Å². The number of carbonyl (C=O) groups excluding carboxylic acids is 1. The number of hydrogen-bond donors (Lipinski definition) is 2. The Labute approximate surface area is 107 Å². The molecule has 0 aliphatic carbocycles. The van der Waals surface area contributed by atoms with Crippen LogP contribution in [0.5, 0.6) is 0 Å². The van der Waals surface area contributed by atoms with E-state index in [9.17, 15) is 4.79 Å². The molecule has 18 heavy (non-hydrogen) atoms. The number of anilines is 1. The lowest BCUT2D eigenvalue weighted by Crippen LogP contribution is -2.32. The van der Waals surface area contributed by atoms with Crippen molar-refractivity contribution in [2.75, 3.05) is 25.5 Å². The molecule has 5 nitrogen and oxygen atoms in total. The summed E-state index contributed by atoms with van der Waals surface area (Å²) < 4.78 is 5.47. The van der Waals surface area contributed by atoms with Crippen molar-refractivity contribution in [3.8, 4) is 0 Å². The predicted octanol–water partition coefficient (Wildman–Crippen LogP) is 1.28. The average molecular weight is 249 g/mol. The Bertz CT molecular complexity index is 422. The predicted molar refractivity (Wildman–Crippen MR) is 69.6 cm³/mol. The van der Waals surface area contributed by atoms with Gasteiger partial charge in [-0.25, -0.2) is 0 Å². The molecule has 1 amide bonds. The number of ether oxygens (including phenoxy) is 1. The number of nitrogens with zero attached hydrogens (tertiary/aromatic N) is 1. The number of aromatic nitrogens is 1. The molecule has 1 aromatic rings. The van der Waals surface area contributed by atoms with Gasteiger partial charge in [0, 0.05) is 32.3 Å². The zero-order valence-corrected chi connectivity index (χ0v) is 10.8. The Morgan fingerprint density at radius 1 is 1.61 bits per heavy atom. The van der Waals surface area contributed by atoms with Gasteiger partial charge in [-0.2, -0.15) is 0 Å². The van der Waals surface area contributed by atoms with Gasteiger partial charge in [0.15, 0.2) is 0 Å². The molecule has 1 aliphatic rings. The molecule has 2 rings (SSSR count). The number of rotatable bonds is 4. The maximum absolute atomic E-state index is 12.1. The Morgan fingerprint density at radius 2 is 2.44 bits per heavy atom. The van der Waals surface area contributed by atoms with E-state index in [4.69, 9.17) is 4.74 Å². The molecule has 5 heteroatoms. The van der Waals surface area contributed by atoms with Crippen LogP contribution >= 0.6 is 0 Å². The molecule has 2 atom stereocenters. The molecule has 98 valence electrons. The van der Waals surface area contributed by atoms with Crippen molar-refractivity contribution >= 4 is 11.6 Å². The van der Waals surface area contributed by atoms with Gasteiger partial charge >= 0.3 is 0 Å². The Morgan fingerprint density at radius 3 is 3.11 bits per heavy atom. The average Bonchev–Trinajstić information content (AvgIpc) is 2.81. The van der Waals surface area contributed by atoms with E-state index in [-0.39, 0.29) is 12.0 Å². The van der Waals surface area contributed by atoms with Crippen LogP contribution in [0.3, 0.4) is 0 Å². The Kier molecular flexibility index (Phi) is 4.15. The third-order valence-corrected chi connectivity index (χ3v) is 3.39. The summed E-state index contributed by atoms with van der Waals surface area (Å²) in [5, 5.41) is 5.92. The molecule has 0 spiro atoms. The first-order valence-corrected chi connectivity index (χ1v) is 6.24. The van der Waals surface area contributed by atoms with E-state index in [0.29, 0.717) is 18.0 Å². The molecular weight excluding hydrogens is 230 g/mol. The number of carbonyl (C=O) groups is 1. The van der Waals surface area contributed by atoms with Crippen LogP contribution in [0, 0.1) is 5.92 Å². The minimum atomic E-state index is -0.0687. The highest BCUT2D eigenvalue weighted by Gasteiger charge is 2.24. The number of amides is 1. The first kappa shape index (κ1) is 12.8. The first-order chi connectivity index (χ1) is 8.72. The van der Waals surface area contributed by atoms with Crippen molar-refractivity contribution in [2.24, 2.45) is 5.92 Å². The summed E-state index contributed by atoms with van der Waals surface area (Å²) in [5.41, 5.74) is 1.37. The van der Waals surface area contributed by atoms with Gasteiger partial charge in [-0.15, -0.1) is 0 Å². The second-order valence-electron chi connectivity index (χ2n) is 4.51. The summed E-state index contributed by atoms with van der Waals surface area (Å²) in [4.78, 5) is 16.1. The van der Waals surface area contributed by atoms with E-state index < -0.39 is 0 Å². The van der Waals surface area contributed by atoms with E-state index in [0.717, 1.165) is 18.7 Å². The molecule has 1 saturated heterocycles. The van der Waals surface area contributed by atoms with Crippen molar-refractivity contribution in [3.63, 3.8) is 0 Å². The Balaban J connectivity index is 1.95. The molecule has 2 unspecified atom stereocenters. The third-order valence-electron chi connectivity index (χ3n) is 3.39. The highest BCUT2D eigenvalue weighted by atomic mass is 16.5. The molecule has 0 bridgehead atoms. The van der Waals surface area contributed by atoms with Crippen LogP contribution in [0.15, 0.2) is 18.5 Å². The van der Waals surface area contributed by atoms with Gasteiger partial charge in [0.05, 0.1) is 23.6 Å². The van der Waals surface area contributed by atoms with Crippen LogP contribution in [0.1, 0.15) is 23.7 Å². The lowest BCUT2D eigenvalue weighted by Gasteiger charge is -2.15. The minimum absolute atomic E-state index is 0.0687. The highest BCUT2D eigenvalue weighted by Crippen LogP contribution is 2.19. The molecule has 1 fully saturated rings. The van der Waals surface area contributed by atoms with E-state index in [1.807, 2.05) is 0 Å². The van der Waals surface area contributed by atoms with Crippen LogP contribution in [0.25, 0.3) is 0 Å². The normalized spacial score (nSPS) is 22.8. The molecule has 2 N–H and O–H groups in total. The maximum atomic E-state index is 12.1. The largest absolute Gasteiger partial charge is 0.386 e. The van der Waals surface area contributed by atoms with Crippen molar-refractivity contribution in [3.05, 3.63) is 24.0 Å². The van der Waals surface area contributed by atoms with Gasteiger partial charge in [0.2, 0.25) is 0 Å². The SMILES string of the molecule is CNc1cnccc1C(=O)NCC1CCOC1C. The van der Waals surface area contributed by atoms with Crippen LogP contribution in [-0.4, -0.2) is 37.2 Å². The monoisotopic (exact) mass is 249 g/mol. The first-order valence-electron chi connectivity index (χ1n) is 6.24. The molecule has 0 saturated carbocycles. The van der Waals surface area contributed by atoms with Crippen molar-refractivity contribution in [1.29, 1.82) is 0 Å². The van der Waals surface area contributed by atoms with Gasteiger partial charge in [-0.05, 0) is 19.4 Å². The second-order valence-corrected chi connectivity index (χ2v) is 4.51. The summed E-state index contributed by atoms with van der Waals surface area (Å²) in [5.74, 6) is 0.342. The zero-order valence-electron chi connectivity index (χ0n) is 10.8. The summed E-state index contributed by atoms with van der Waals surface area (Å²) >= 11 is 0. The topological polar surface area (TPSA) is 63.2 Å². The molecule has 1 aliphatic heterocycles. The summed E-state index contributed by atoms with van der Waals surface area (Å²) in [6.45, 7) is 3.50. The lowest BCUT2D eigenvalue weighted by molar-refractivity contribution is 0.0908. The number of hydrogen-bond acceptors (Lipinski definition) is 4. The molecule has 0 radical (unpaired) electrons. The van der Waals surface area contributed by atoms with Gasteiger partial charge in [0.1, 0.15) is 0 Å². The van der Waals surface area contributed by atoms with Crippen LogP contribution < -0.4 is 10.6 Å². The fourth-order valence-electron chi connectivity index (χ4n) is 2.15. The van der Waals surface area contributed by atoms with Crippen molar-refractivity contribution in [2.45, 2.75) is 19.4 Å². The molecule has 2 heterocycles. The fraction of sp³-hybridized carbons (Fsp3) is 0.538. The van der Waals surface area contributed by atoms with Crippen molar-refractivity contribution < 1.29 is 9.53 Å². The van der Waals surface area contributed by atoms with Crippen LogP contribution in [0.4, 0.5) is 5.69 Å². The smallest absolute Gasteiger partial charge is 0.253 e. The minimum Gasteiger partial charge on any atom is -0.386 e. The van der Waals surface area contributed by atoms with Crippen LogP contribution in [0.2, 0.25) is 0 Å². The molecule has 0 aromatic carbocycles. The highest BCUT2D eigenvalue weighted by molar-refractivity contribution is 5.99. The maximum Gasteiger partial charge on any atom is 0.253 e. The standard InChI is InChI=1S/C13H19N3O2/c1-9-10(4-6-18-9)7-16-13(17)11-3-5-15-8-12(11)14-2/h3,5,8-10,14H,4,6-7H2,1-2H3,(H,16,17). The van der Waals surface area contributed by atoms with Crippen LogP contribution in [-0.2, 0) is 4.74 Å². The van der Waals surface area contributed by atoms with E-state index >= 15 is 0 Å². The Hall–Kier alpha value is -1.62. The van der Waals surface area contributed by atoms with Crippen molar-refractivity contribution in [1.82, 2.24) is 10.3 Å². The summed E-state index contributed by atoms with van der Waals surface area (Å²) in [6, 6.07) is 1.72. The third kappa shape index (κ3) is 2.79. The zero-order chi connectivity index (χ0) is 13.0. The second kappa shape index (κ2) is 5.82. The van der Waals surface area contributed by atoms with E-state index in [1.54, 1.807) is 25.5 Å².